The zero-order chi connectivity index (χ0) is 20.2. The second-order valence-electron chi connectivity index (χ2n) is 6.96. The number of ether oxygens (including phenoxy) is 1. The lowest BCUT2D eigenvalue weighted by atomic mass is 10.2. The highest BCUT2D eigenvalue weighted by Crippen LogP contribution is 2.22. The molecule has 4 aromatic rings. The average molecular weight is 390 g/mol. The molecule has 0 saturated heterocycles. The lowest BCUT2D eigenvalue weighted by Crippen LogP contribution is -2.33. The number of amides is 1. The number of H-pyrrole nitrogens is 1. The highest BCUT2D eigenvalue weighted by molar-refractivity contribution is 5.84. The first kappa shape index (κ1) is 18.7. The number of likely N-dealkylation sites (N-methyl/N-ethyl adjacent to an activating group) is 1. The number of fused-ring (bicyclic) bond motifs is 1. The Hall–Kier alpha value is -3.61. The number of nitrogens with zero attached hydrogens (tertiary/aromatic N) is 3. The summed E-state index contributed by atoms with van der Waals surface area (Å²) < 4.78 is 10.9. The Morgan fingerprint density at radius 3 is 2.86 bits per heavy atom. The predicted octanol–water partition coefficient (Wildman–Crippen LogP) is 3.61. The van der Waals surface area contributed by atoms with Crippen LogP contribution in [-0.2, 0) is 11.2 Å². The molecular weight excluding hydrogens is 368 g/mol. The van der Waals surface area contributed by atoms with Crippen LogP contribution in [0.1, 0.15) is 11.4 Å². The van der Waals surface area contributed by atoms with E-state index >= 15 is 0 Å². The van der Waals surface area contributed by atoms with Crippen molar-refractivity contribution in [3.05, 3.63) is 66.0 Å². The largest absolute Gasteiger partial charge is 0.484 e. The van der Waals surface area contributed by atoms with Gasteiger partial charge in [-0.1, -0.05) is 35.5 Å². The maximum Gasteiger partial charge on any atom is 0.274 e. The van der Waals surface area contributed by atoms with Gasteiger partial charge in [-0.25, -0.2) is 0 Å². The zero-order valence-electron chi connectivity index (χ0n) is 16.4. The fourth-order valence-corrected chi connectivity index (χ4v) is 3.01. The molecule has 0 aliphatic carbocycles. The number of benzene rings is 2. The molecule has 0 spiro atoms. The molecular formula is C22H22N4O3. The first-order valence-electron chi connectivity index (χ1n) is 9.42. The van der Waals surface area contributed by atoms with Gasteiger partial charge < -0.3 is 19.1 Å². The number of carbonyl (C=O) groups excluding carboxylic acids is 1. The van der Waals surface area contributed by atoms with Crippen molar-refractivity contribution in [3.63, 3.8) is 0 Å². The summed E-state index contributed by atoms with van der Waals surface area (Å²) in [7, 11) is 1.74. The Morgan fingerprint density at radius 1 is 1.17 bits per heavy atom. The molecule has 4 rings (SSSR count). The summed E-state index contributed by atoms with van der Waals surface area (Å²) in [4.78, 5) is 21.6. The van der Waals surface area contributed by atoms with Gasteiger partial charge in [0.25, 0.3) is 11.8 Å². The SMILES string of the molecule is Cc1cccc(OCC(=O)N(C)CCc2noc(-c3cc4ccccc4[nH]3)n2)c1. The summed E-state index contributed by atoms with van der Waals surface area (Å²) >= 11 is 0. The fraction of sp³-hybridized carbons (Fsp3) is 0.227. The zero-order valence-corrected chi connectivity index (χ0v) is 16.4. The predicted molar refractivity (Wildman–Crippen MR) is 110 cm³/mol. The number of para-hydroxylation sites is 1. The molecule has 0 radical (unpaired) electrons. The van der Waals surface area contributed by atoms with Crippen LogP contribution >= 0.6 is 0 Å². The lowest BCUT2D eigenvalue weighted by Gasteiger charge is -2.16. The lowest BCUT2D eigenvalue weighted by molar-refractivity contribution is -0.132. The van der Waals surface area contributed by atoms with Crippen molar-refractivity contribution in [3.8, 4) is 17.3 Å². The number of rotatable bonds is 7. The number of aryl methyl sites for hydroxylation is 1. The van der Waals surface area contributed by atoms with Crippen LogP contribution in [0.2, 0.25) is 0 Å². The Labute approximate surface area is 168 Å². The number of nitrogens with one attached hydrogen (secondary N) is 1. The maximum atomic E-state index is 12.3. The van der Waals surface area contributed by atoms with Crippen LogP contribution in [-0.4, -0.2) is 46.1 Å². The number of carbonyl (C=O) groups is 1. The van der Waals surface area contributed by atoms with Gasteiger partial charge in [0.1, 0.15) is 11.4 Å². The van der Waals surface area contributed by atoms with Gasteiger partial charge in [-0.2, -0.15) is 4.98 Å². The first-order valence-corrected chi connectivity index (χ1v) is 9.42. The third-order valence-corrected chi connectivity index (χ3v) is 4.68. The van der Waals surface area contributed by atoms with E-state index < -0.39 is 0 Å². The smallest absolute Gasteiger partial charge is 0.274 e. The third kappa shape index (κ3) is 4.45. The normalized spacial score (nSPS) is 11.0. The van der Waals surface area contributed by atoms with Crippen molar-refractivity contribution in [1.82, 2.24) is 20.0 Å². The Bertz CT molecular complexity index is 1100. The Morgan fingerprint density at radius 2 is 2.03 bits per heavy atom. The van der Waals surface area contributed by atoms with Crippen molar-refractivity contribution >= 4 is 16.8 Å². The summed E-state index contributed by atoms with van der Waals surface area (Å²) in [5, 5.41) is 5.11. The summed E-state index contributed by atoms with van der Waals surface area (Å²) in [6.45, 7) is 2.45. The molecule has 7 heteroatoms. The summed E-state index contributed by atoms with van der Waals surface area (Å²) in [5.41, 5.74) is 2.88. The van der Waals surface area contributed by atoms with Gasteiger partial charge in [0.15, 0.2) is 12.4 Å². The van der Waals surface area contributed by atoms with E-state index in [-0.39, 0.29) is 12.5 Å². The molecule has 148 valence electrons. The quantitative estimate of drug-likeness (QED) is 0.521. The van der Waals surface area contributed by atoms with Crippen molar-refractivity contribution in [2.75, 3.05) is 20.2 Å². The number of aromatic amines is 1. The van der Waals surface area contributed by atoms with Gasteiger partial charge in [0.05, 0.1) is 0 Å². The van der Waals surface area contributed by atoms with Crippen molar-refractivity contribution in [2.24, 2.45) is 0 Å². The topological polar surface area (TPSA) is 84.2 Å². The summed E-state index contributed by atoms with van der Waals surface area (Å²) in [6, 6.07) is 17.6. The molecule has 0 unspecified atom stereocenters. The van der Waals surface area contributed by atoms with Crippen molar-refractivity contribution in [1.29, 1.82) is 0 Å². The van der Waals surface area contributed by atoms with E-state index in [2.05, 4.69) is 15.1 Å². The van der Waals surface area contributed by atoms with E-state index in [1.54, 1.807) is 11.9 Å². The van der Waals surface area contributed by atoms with E-state index in [1.807, 2.05) is 61.5 Å². The molecule has 29 heavy (non-hydrogen) atoms. The molecule has 0 saturated carbocycles. The molecule has 1 N–H and O–H groups in total. The summed E-state index contributed by atoms with van der Waals surface area (Å²) in [6.07, 6.45) is 0.496. The van der Waals surface area contributed by atoms with Crippen molar-refractivity contribution in [2.45, 2.75) is 13.3 Å². The third-order valence-electron chi connectivity index (χ3n) is 4.68. The van der Waals surface area contributed by atoms with Crippen LogP contribution in [0.15, 0.2) is 59.1 Å². The minimum Gasteiger partial charge on any atom is -0.484 e. The number of hydrogen-bond donors (Lipinski definition) is 1. The van der Waals surface area contributed by atoms with Crippen molar-refractivity contribution < 1.29 is 14.1 Å². The molecule has 0 fully saturated rings. The Balaban J connectivity index is 1.31. The maximum absolute atomic E-state index is 12.3. The minimum atomic E-state index is -0.106. The Kier molecular flexibility index (Phi) is 5.29. The number of hydrogen-bond acceptors (Lipinski definition) is 5. The standard InChI is InChI=1S/C22H22N4O3/c1-15-6-5-8-17(12-15)28-14-21(27)26(2)11-10-20-24-22(29-25-20)19-13-16-7-3-4-9-18(16)23-19/h3-9,12-13,23H,10-11,14H2,1-2H3. The van der Waals surface area contributed by atoms with Gasteiger partial charge in [-0.3, -0.25) is 4.79 Å². The molecule has 2 heterocycles. The van der Waals surface area contributed by atoms with Crippen LogP contribution in [0, 0.1) is 6.92 Å². The molecule has 0 atom stereocenters. The van der Waals surface area contributed by atoms with Crippen LogP contribution in [0.25, 0.3) is 22.5 Å². The van der Waals surface area contributed by atoms with Crippen LogP contribution in [0.5, 0.6) is 5.75 Å². The number of aromatic nitrogens is 3. The fourth-order valence-electron chi connectivity index (χ4n) is 3.01. The van der Waals surface area contributed by atoms with Gasteiger partial charge in [-0.15, -0.1) is 0 Å². The second-order valence-corrected chi connectivity index (χ2v) is 6.96. The monoisotopic (exact) mass is 390 g/mol. The van der Waals surface area contributed by atoms with Gasteiger partial charge >= 0.3 is 0 Å². The van der Waals surface area contributed by atoms with E-state index in [0.717, 1.165) is 22.2 Å². The van der Waals surface area contributed by atoms with Gasteiger partial charge in [0, 0.05) is 30.9 Å². The van der Waals surface area contributed by atoms with Crippen LogP contribution in [0.4, 0.5) is 0 Å². The average Bonchev–Trinajstić information content (AvgIpc) is 3.37. The van der Waals surface area contributed by atoms with Crippen LogP contribution < -0.4 is 4.74 Å². The molecule has 7 nitrogen and oxygen atoms in total. The molecule has 0 bridgehead atoms. The molecule has 0 aliphatic rings. The summed E-state index contributed by atoms with van der Waals surface area (Å²) in [5.74, 6) is 1.57. The van der Waals surface area contributed by atoms with E-state index in [1.165, 1.54) is 0 Å². The molecule has 1 amide bonds. The van der Waals surface area contributed by atoms with Crippen LogP contribution in [0.3, 0.4) is 0 Å². The molecule has 0 aliphatic heterocycles. The minimum absolute atomic E-state index is 0.00743. The molecule has 2 aromatic heterocycles. The van der Waals surface area contributed by atoms with E-state index in [0.29, 0.717) is 30.4 Å². The van der Waals surface area contributed by atoms with E-state index in [4.69, 9.17) is 9.26 Å². The second kappa shape index (κ2) is 8.18. The van der Waals surface area contributed by atoms with Gasteiger partial charge in [0.2, 0.25) is 0 Å². The van der Waals surface area contributed by atoms with Gasteiger partial charge in [-0.05, 0) is 36.8 Å². The molecule has 2 aromatic carbocycles. The highest BCUT2D eigenvalue weighted by atomic mass is 16.5. The first-order chi connectivity index (χ1) is 14.1. The van der Waals surface area contributed by atoms with E-state index in [9.17, 15) is 4.79 Å². The highest BCUT2D eigenvalue weighted by Gasteiger charge is 2.14.